The molecule has 1 unspecified atom stereocenters. The molecule has 1 aromatic carbocycles. The number of hydrogen-bond donors (Lipinski definition) is 1. The molecule has 1 aromatic rings. The summed E-state index contributed by atoms with van der Waals surface area (Å²) < 4.78 is 0. The van der Waals surface area contributed by atoms with E-state index in [9.17, 15) is 4.79 Å². The highest BCUT2D eigenvalue weighted by Gasteiger charge is 2.18. The lowest BCUT2D eigenvalue weighted by atomic mass is 9.97. The Balaban J connectivity index is 2.34. The van der Waals surface area contributed by atoms with Gasteiger partial charge >= 0.3 is 0 Å². The second kappa shape index (κ2) is 3.57. The van der Waals surface area contributed by atoms with Gasteiger partial charge in [-0.3, -0.25) is 4.79 Å². The van der Waals surface area contributed by atoms with Crippen LogP contribution in [0.4, 0.5) is 5.69 Å². The molecule has 1 amide bonds. The largest absolute Gasteiger partial charge is 0.374 e. The number of likely N-dealkylation sites (N-methyl/N-ethyl adjacent to an activating group) is 1. The normalized spacial score (nSPS) is 16.3. The molecule has 0 saturated carbocycles. The van der Waals surface area contributed by atoms with Gasteiger partial charge < -0.3 is 10.6 Å². The first-order valence-corrected chi connectivity index (χ1v) is 5.23. The summed E-state index contributed by atoms with van der Waals surface area (Å²) in [5, 5.41) is 0. The Morgan fingerprint density at radius 2 is 2.27 bits per heavy atom. The SMILES string of the molecule is CC(C(N)=O)c1ccc2c(c1)CCN2C. The predicted molar refractivity (Wildman–Crippen MR) is 61.0 cm³/mol. The number of primary amides is 1. The average molecular weight is 204 g/mol. The fraction of sp³-hybridized carbons (Fsp3) is 0.417. The molecule has 0 radical (unpaired) electrons. The van der Waals surface area contributed by atoms with Crippen LogP contribution in [0, 0.1) is 0 Å². The predicted octanol–water partition coefficient (Wildman–Crippen LogP) is 1.27. The quantitative estimate of drug-likeness (QED) is 0.788. The van der Waals surface area contributed by atoms with Crippen molar-refractivity contribution in [1.82, 2.24) is 0 Å². The van der Waals surface area contributed by atoms with Crippen LogP contribution < -0.4 is 10.6 Å². The van der Waals surface area contributed by atoms with Crippen molar-refractivity contribution in [2.45, 2.75) is 19.3 Å². The van der Waals surface area contributed by atoms with Gasteiger partial charge in [0.2, 0.25) is 5.91 Å². The van der Waals surface area contributed by atoms with Gasteiger partial charge in [0.25, 0.3) is 0 Å². The third-order valence-electron chi connectivity index (χ3n) is 3.16. The topological polar surface area (TPSA) is 46.3 Å². The van der Waals surface area contributed by atoms with Gasteiger partial charge in [0.1, 0.15) is 0 Å². The van der Waals surface area contributed by atoms with Crippen LogP contribution in [-0.2, 0) is 11.2 Å². The molecular formula is C12H16N2O. The number of amides is 1. The van der Waals surface area contributed by atoms with Crippen LogP contribution >= 0.6 is 0 Å². The number of nitrogens with two attached hydrogens (primary N) is 1. The summed E-state index contributed by atoms with van der Waals surface area (Å²) in [5.74, 6) is -0.456. The molecule has 80 valence electrons. The monoisotopic (exact) mass is 204 g/mol. The molecule has 2 rings (SSSR count). The minimum absolute atomic E-state index is 0.193. The lowest BCUT2D eigenvalue weighted by molar-refractivity contribution is -0.119. The zero-order chi connectivity index (χ0) is 11.0. The minimum atomic E-state index is -0.263. The van der Waals surface area contributed by atoms with E-state index in [0.717, 1.165) is 18.5 Å². The van der Waals surface area contributed by atoms with Crippen LogP contribution in [0.2, 0.25) is 0 Å². The van der Waals surface area contributed by atoms with Gasteiger partial charge in [0.05, 0.1) is 5.92 Å². The van der Waals surface area contributed by atoms with E-state index in [-0.39, 0.29) is 11.8 Å². The highest BCUT2D eigenvalue weighted by molar-refractivity contribution is 5.81. The standard InChI is InChI=1S/C12H16N2O/c1-8(12(13)15)9-3-4-11-10(7-9)5-6-14(11)2/h3-4,7-8H,5-6H2,1-2H3,(H2,13,15). The van der Waals surface area contributed by atoms with E-state index in [4.69, 9.17) is 5.73 Å². The molecule has 3 nitrogen and oxygen atoms in total. The summed E-state index contributed by atoms with van der Waals surface area (Å²) in [5.41, 5.74) is 8.91. The number of fused-ring (bicyclic) bond motifs is 1. The number of carbonyl (C=O) groups excluding carboxylic acids is 1. The lowest BCUT2D eigenvalue weighted by Gasteiger charge is -2.13. The highest BCUT2D eigenvalue weighted by atomic mass is 16.1. The van der Waals surface area contributed by atoms with Crippen LogP contribution in [0.3, 0.4) is 0 Å². The fourth-order valence-corrected chi connectivity index (χ4v) is 2.02. The first-order valence-electron chi connectivity index (χ1n) is 5.23. The molecule has 1 aliphatic heterocycles. The summed E-state index contributed by atoms with van der Waals surface area (Å²) in [6.45, 7) is 2.91. The number of anilines is 1. The van der Waals surface area contributed by atoms with Crippen molar-refractivity contribution in [2.75, 3.05) is 18.5 Å². The maximum absolute atomic E-state index is 11.1. The maximum atomic E-state index is 11.1. The van der Waals surface area contributed by atoms with Crippen LogP contribution in [0.1, 0.15) is 24.0 Å². The number of carbonyl (C=O) groups is 1. The van der Waals surface area contributed by atoms with Crippen molar-refractivity contribution in [3.8, 4) is 0 Å². The molecule has 15 heavy (non-hydrogen) atoms. The van der Waals surface area contributed by atoms with E-state index >= 15 is 0 Å². The van der Waals surface area contributed by atoms with Crippen molar-refractivity contribution in [3.63, 3.8) is 0 Å². The Bertz CT molecular complexity index is 401. The molecule has 2 N–H and O–H groups in total. The van der Waals surface area contributed by atoms with Crippen molar-refractivity contribution in [1.29, 1.82) is 0 Å². The van der Waals surface area contributed by atoms with Crippen LogP contribution in [0.15, 0.2) is 18.2 Å². The average Bonchev–Trinajstić information content (AvgIpc) is 2.59. The van der Waals surface area contributed by atoms with Gasteiger partial charge in [-0.25, -0.2) is 0 Å². The van der Waals surface area contributed by atoms with Gasteiger partial charge in [0.15, 0.2) is 0 Å². The Morgan fingerprint density at radius 1 is 1.53 bits per heavy atom. The summed E-state index contributed by atoms with van der Waals surface area (Å²) >= 11 is 0. The van der Waals surface area contributed by atoms with Crippen LogP contribution in [0.25, 0.3) is 0 Å². The summed E-state index contributed by atoms with van der Waals surface area (Å²) in [4.78, 5) is 13.3. The first-order chi connectivity index (χ1) is 7.09. The maximum Gasteiger partial charge on any atom is 0.224 e. The molecule has 0 bridgehead atoms. The third kappa shape index (κ3) is 1.69. The zero-order valence-corrected chi connectivity index (χ0v) is 9.16. The number of benzene rings is 1. The van der Waals surface area contributed by atoms with E-state index in [0.29, 0.717) is 0 Å². The molecule has 1 heterocycles. The van der Waals surface area contributed by atoms with E-state index in [2.05, 4.69) is 24.1 Å². The molecule has 3 heteroatoms. The smallest absolute Gasteiger partial charge is 0.224 e. The lowest BCUT2D eigenvalue weighted by Crippen LogP contribution is -2.18. The van der Waals surface area contributed by atoms with Crippen molar-refractivity contribution in [3.05, 3.63) is 29.3 Å². The van der Waals surface area contributed by atoms with Crippen molar-refractivity contribution in [2.24, 2.45) is 5.73 Å². The number of nitrogens with zero attached hydrogens (tertiary/aromatic N) is 1. The van der Waals surface area contributed by atoms with E-state index in [1.807, 2.05) is 13.0 Å². The van der Waals surface area contributed by atoms with Crippen molar-refractivity contribution >= 4 is 11.6 Å². The Labute approximate surface area is 89.9 Å². The van der Waals surface area contributed by atoms with E-state index < -0.39 is 0 Å². The van der Waals surface area contributed by atoms with Crippen LogP contribution in [0.5, 0.6) is 0 Å². The summed E-state index contributed by atoms with van der Waals surface area (Å²) in [6, 6.07) is 6.18. The molecular weight excluding hydrogens is 188 g/mol. The number of hydrogen-bond acceptors (Lipinski definition) is 2. The molecule has 0 fully saturated rings. The Kier molecular flexibility index (Phi) is 2.39. The van der Waals surface area contributed by atoms with E-state index in [1.165, 1.54) is 11.3 Å². The van der Waals surface area contributed by atoms with Gasteiger partial charge in [0, 0.05) is 19.3 Å². The van der Waals surface area contributed by atoms with Gasteiger partial charge in [-0.2, -0.15) is 0 Å². The van der Waals surface area contributed by atoms with Gasteiger partial charge in [-0.1, -0.05) is 12.1 Å². The molecule has 0 aromatic heterocycles. The second-order valence-electron chi connectivity index (χ2n) is 4.18. The highest BCUT2D eigenvalue weighted by Crippen LogP contribution is 2.29. The molecule has 1 atom stereocenters. The molecule has 0 spiro atoms. The van der Waals surface area contributed by atoms with Crippen molar-refractivity contribution < 1.29 is 4.79 Å². The van der Waals surface area contributed by atoms with Gasteiger partial charge in [-0.05, 0) is 30.5 Å². The van der Waals surface area contributed by atoms with Gasteiger partial charge in [-0.15, -0.1) is 0 Å². The second-order valence-corrected chi connectivity index (χ2v) is 4.18. The third-order valence-corrected chi connectivity index (χ3v) is 3.16. The number of rotatable bonds is 2. The molecule has 1 aliphatic rings. The molecule has 0 saturated heterocycles. The zero-order valence-electron chi connectivity index (χ0n) is 9.16. The fourth-order valence-electron chi connectivity index (χ4n) is 2.02. The summed E-state index contributed by atoms with van der Waals surface area (Å²) in [7, 11) is 2.09. The first kappa shape index (κ1) is 10.0. The van der Waals surface area contributed by atoms with E-state index in [1.54, 1.807) is 0 Å². The summed E-state index contributed by atoms with van der Waals surface area (Å²) in [6.07, 6.45) is 1.06. The molecule has 0 aliphatic carbocycles. The van der Waals surface area contributed by atoms with Crippen LogP contribution in [-0.4, -0.2) is 19.5 Å². The Hall–Kier alpha value is -1.51. The minimum Gasteiger partial charge on any atom is -0.374 e. The Morgan fingerprint density at radius 3 is 2.93 bits per heavy atom.